The second-order valence-corrected chi connectivity index (χ2v) is 6.20. The number of nitrogens with zero attached hydrogens (tertiary/aromatic N) is 2. The van der Waals surface area contributed by atoms with Gasteiger partial charge < -0.3 is 9.64 Å². The summed E-state index contributed by atoms with van der Waals surface area (Å²) in [5, 5.41) is 0. The van der Waals surface area contributed by atoms with Crippen LogP contribution < -0.4 is 4.74 Å². The number of carbonyl (C=O) groups excluding carboxylic acids is 1. The number of halogens is 1. The summed E-state index contributed by atoms with van der Waals surface area (Å²) in [6, 6.07) is 10.0. The van der Waals surface area contributed by atoms with E-state index in [2.05, 4.69) is 11.9 Å². The lowest BCUT2D eigenvalue weighted by Gasteiger charge is -2.30. The minimum absolute atomic E-state index is 0.0907. The summed E-state index contributed by atoms with van der Waals surface area (Å²) in [5.41, 5.74) is 1.11. The first-order valence-electron chi connectivity index (χ1n) is 8.19. The molecule has 1 aromatic heterocycles. The number of rotatable bonds is 3. The van der Waals surface area contributed by atoms with E-state index in [9.17, 15) is 9.18 Å². The average Bonchev–Trinajstić information content (AvgIpc) is 2.62. The first kappa shape index (κ1) is 16.4. The molecule has 126 valence electrons. The maximum absolute atomic E-state index is 14.4. The van der Waals surface area contributed by atoms with Crippen molar-refractivity contribution >= 4 is 5.91 Å². The predicted molar refractivity (Wildman–Crippen MR) is 90.5 cm³/mol. The molecule has 1 saturated heterocycles. The molecule has 5 heteroatoms. The highest BCUT2D eigenvalue weighted by Gasteiger charge is 2.23. The topological polar surface area (TPSA) is 42.4 Å². The standard InChI is InChI=1S/C19H21FN2O2/c1-13-9-11-22(12-10-13)19(23)16-7-4-6-15(21-16)14-5-3-8-17(24-2)18(14)20/h3-8,13H,9-12H2,1-2H3. The van der Waals surface area contributed by atoms with E-state index >= 15 is 0 Å². The molecule has 1 aromatic carbocycles. The summed E-state index contributed by atoms with van der Waals surface area (Å²) in [4.78, 5) is 18.9. The first-order chi connectivity index (χ1) is 11.6. The molecule has 0 radical (unpaired) electrons. The average molecular weight is 328 g/mol. The number of benzene rings is 1. The largest absolute Gasteiger partial charge is 0.494 e. The van der Waals surface area contributed by atoms with Gasteiger partial charge in [0.2, 0.25) is 0 Å². The summed E-state index contributed by atoms with van der Waals surface area (Å²) in [6.07, 6.45) is 2.02. The van der Waals surface area contributed by atoms with Crippen LogP contribution in [0.3, 0.4) is 0 Å². The van der Waals surface area contributed by atoms with Crippen LogP contribution in [-0.4, -0.2) is 36.0 Å². The Balaban J connectivity index is 1.88. The van der Waals surface area contributed by atoms with Gasteiger partial charge in [0.15, 0.2) is 11.6 Å². The van der Waals surface area contributed by atoms with Crippen LogP contribution in [0.15, 0.2) is 36.4 Å². The summed E-state index contributed by atoms with van der Waals surface area (Å²) in [7, 11) is 1.42. The highest BCUT2D eigenvalue weighted by molar-refractivity contribution is 5.93. The molecular formula is C19H21FN2O2. The van der Waals surface area contributed by atoms with Crippen LogP contribution in [0.2, 0.25) is 0 Å². The molecule has 2 aromatic rings. The van der Waals surface area contributed by atoms with Crippen molar-refractivity contribution < 1.29 is 13.9 Å². The number of methoxy groups -OCH3 is 1. The third-order valence-corrected chi connectivity index (χ3v) is 4.50. The lowest BCUT2D eigenvalue weighted by atomic mass is 9.99. The van der Waals surface area contributed by atoms with Crippen LogP contribution in [0.5, 0.6) is 5.75 Å². The molecule has 0 spiro atoms. The Bertz CT molecular complexity index is 740. The lowest BCUT2D eigenvalue weighted by Crippen LogP contribution is -2.38. The van der Waals surface area contributed by atoms with E-state index in [4.69, 9.17) is 4.74 Å². The quantitative estimate of drug-likeness (QED) is 0.861. The number of likely N-dealkylation sites (tertiary alicyclic amines) is 1. The van der Waals surface area contributed by atoms with Gasteiger partial charge in [-0.05, 0) is 43.0 Å². The molecule has 0 N–H and O–H groups in total. The van der Waals surface area contributed by atoms with Crippen molar-refractivity contribution in [1.29, 1.82) is 0 Å². The monoisotopic (exact) mass is 328 g/mol. The van der Waals surface area contributed by atoms with E-state index in [1.54, 1.807) is 36.4 Å². The van der Waals surface area contributed by atoms with Gasteiger partial charge >= 0.3 is 0 Å². The van der Waals surface area contributed by atoms with Gasteiger partial charge in [0.05, 0.1) is 12.8 Å². The summed E-state index contributed by atoms with van der Waals surface area (Å²) in [5.74, 6) is 0.256. The maximum Gasteiger partial charge on any atom is 0.272 e. The summed E-state index contributed by atoms with van der Waals surface area (Å²) >= 11 is 0. The number of aromatic nitrogens is 1. The second-order valence-electron chi connectivity index (χ2n) is 6.20. The SMILES string of the molecule is COc1cccc(-c2cccc(C(=O)N3CCC(C)CC3)n2)c1F. The number of pyridine rings is 1. The van der Waals surface area contributed by atoms with E-state index in [-0.39, 0.29) is 11.7 Å². The fourth-order valence-corrected chi connectivity index (χ4v) is 2.94. The summed E-state index contributed by atoms with van der Waals surface area (Å²) in [6.45, 7) is 3.70. The van der Waals surface area contributed by atoms with Gasteiger partial charge in [-0.1, -0.05) is 19.1 Å². The van der Waals surface area contributed by atoms with Gasteiger partial charge in [-0.15, -0.1) is 0 Å². The van der Waals surface area contributed by atoms with Crippen LogP contribution in [0.4, 0.5) is 4.39 Å². The van der Waals surface area contributed by atoms with E-state index in [1.165, 1.54) is 7.11 Å². The van der Waals surface area contributed by atoms with Gasteiger partial charge in [0, 0.05) is 18.7 Å². The third kappa shape index (κ3) is 3.25. The van der Waals surface area contributed by atoms with E-state index in [0.29, 0.717) is 22.9 Å². The molecular weight excluding hydrogens is 307 g/mol. The fraction of sp³-hybridized carbons (Fsp3) is 0.368. The number of hydrogen-bond donors (Lipinski definition) is 0. The van der Waals surface area contributed by atoms with Crippen LogP contribution >= 0.6 is 0 Å². The van der Waals surface area contributed by atoms with Crippen LogP contribution in [-0.2, 0) is 0 Å². The van der Waals surface area contributed by atoms with E-state index in [0.717, 1.165) is 25.9 Å². The Kier molecular flexibility index (Phi) is 4.79. The molecule has 1 fully saturated rings. The molecule has 0 bridgehead atoms. The zero-order chi connectivity index (χ0) is 17.1. The van der Waals surface area contributed by atoms with Crippen molar-refractivity contribution in [2.45, 2.75) is 19.8 Å². The first-order valence-corrected chi connectivity index (χ1v) is 8.19. The molecule has 0 saturated carbocycles. The number of piperidine rings is 1. The number of ether oxygens (including phenoxy) is 1. The molecule has 1 amide bonds. The van der Waals surface area contributed by atoms with Crippen molar-refractivity contribution in [1.82, 2.24) is 9.88 Å². The normalized spacial score (nSPS) is 15.4. The van der Waals surface area contributed by atoms with Gasteiger partial charge in [0.25, 0.3) is 5.91 Å². The van der Waals surface area contributed by atoms with Crippen molar-refractivity contribution in [3.63, 3.8) is 0 Å². The smallest absolute Gasteiger partial charge is 0.272 e. The molecule has 1 aliphatic rings. The third-order valence-electron chi connectivity index (χ3n) is 4.50. The zero-order valence-electron chi connectivity index (χ0n) is 14.0. The number of amides is 1. The summed E-state index contributed by atoms with van der Waals surface area (Å²) < 4.78 is 19.4. The van der Waals surface area contributed by atoms with Gasteiger partial charge in [-0.3, -0.25) is 4.79 Å². The molecule has 1 aliphatic heterocycles. The highest BCUT2D eigenvalue weighted by Crippen LogP contribution is 2.28. The Labute approximate surface area is 141 Å². The zero-order valence-corrected chi connectivity index (χ0v) is 14.0. The Morgan fingerprint density at radius 3 is 2.62 bits per heavy atom. The molecule has 24 heavy (non-hydrogen) atoms. The highest BCUT2D eigenvalue weighted by atomic mass is 19.1. The lowest BCUT2D eigenvalue weighted by molar-refractivity contribution is 0.0691. The minimum atomic E-state index is -0.469. The Hall–Kier alpha value is -2.43. The van der Waals surface area contributed by atoms with Gasteiger partial charge in [-0.2, -0.15) is 0 Å². The number of carbonyl (C=O) groups is 1. The van der Waals surface area contributed by atoms with Crippen molar-refractivity contribution in [3.8, 4) is 17.0 Å². The second kappa shape index (κ2) is 6.99. The van der Waals surface area contributed by atoms with Crippen molar-refractivity contribution in [2.75, 3.05) is 20.2 Å². The van der Waals surface area contributed by atoms with Crippen LogP contribution in [0.25, 0.3) is 11.3 Å². The van der Waals surface area contributed by atoms with Crippen LogP contribution in [0.1, 0.15) is 30.3 Å². The maximum atomic E-state index is 14.4. The van der Waals surface area contributed by atoms with E-state index in [1.807, 2.05) is 4.90 Å². The molecule has 4 nitrogen and oxygen atoms in total. The Morgan fingerprint density at radius 1 is 1.21 bits per heavy atom. The number of hydrogen-bond acceptors (Lipinski definition) is 3. The molecule has 0 unspecified atom stereocenters. The van der Waals surface area contributed by atoms with Crippen LogP contribution in [0, 0.1) is 11.7 Å². The minimum Gasteiger partial charge on any atom is -0.494 e. The van der Waals surface area contributed by atoms with Crippen molar-refractivity contribution in [3.05, 3.63) is 47.9 Å². The molecule has 3 rings (SSSR count). The van der Waals surface area contributed by atoms with E-state index < -0.39 is 5.82 Å². The molecule has 0 atom stereocenters. The predicted octanol–water partition coefficient (Wildman–Crippen LogP) is 3.77. The van der Waals surface area contributed by atoms with Gasteiger partial charge in [0.1, 0.15) is 5.69 Å². The van der Waals surface area contributed by atoms with Gasteiger partial charge in [-0.25, -0.2) is 9.37 Å². The van der Waals surface area contributed by atoms with Crippen molar-refractivity contribution in [2.24, 2.45) is 5.92 Å². The molecule has 0 aliphatic carbocycles. The Morgan fingerprint density at radius 2 is 1.92 bits per heavy atom. The molecule has 2 heterocycles. The fourth-order valence-electron chi connectivity index (χ4n) is 2.94.